The van der Waals surface area contributed by atoms with Crippen molar-refractivity contribution in [2.45, 2.75) is 23.5 Å². The third-order valence-corrected chi connectivity index (χ3v) is 5.13. The van der Waals surface area contributed by atoms with Crippen LogP contribution in [0.4, 0.5) is 0 Å². The molecular weight excluding hydrogens is 376 g/mol. The maximum Gasteiger partial charge on any atom is 0.0731 e. The van der Waals surface area contributed by atoms with E-state index in [4.69, 9.17) is 0 Å². The Morgan fingerprint density at radius 1 is 0.750 bits per heavy atom. The second-order valence-electron chi connectivity index (χ2n) is 5.36. The zero-order valence-corrected chi connectivity index (χ0v) is 14.8. The Morgan fingerprint density at radius 2 is 1.20 bits per heavy atom. The average Bonchev–Trinajstić information content (AvgIpc) is 2.46. The highest BCUT2D eigenvalue weighted by Gasteiger charge is 2.23. The normalized spacial score (nSPS) is 14.2. The van der Waals surface area contributed by atoms with Gasteiger partial charge in [-0.05, 0) is 35.8 Å². The molecule has 0 aromatic heterocycles. The van der Waals surface area contributed by atoms with Gasteiger partial charge in [-0.2, -0.15) is 0 Å². The molecule has 2 heteroatoms. The van der Waals surface area contributed by atoms with E-state index in [-0.39, 0.29) is 0 Å². The summed E-state index contributed by atoms with van der Waals surface area (Å²) < 4.78 is 0.342. The van der Waals surface area contributed by atoms with Crippen molar-refractivity contribution in [2.75, 3.05) is 0 Å². The zero-order chi connectivity index (χ0) is 14.4. The first-order valence-electron chi connectivity index (χ1n) is 7.03. The molecule has 0 fully saturated rings. The summed E-state index contributed by atoms with van der Waals surface area (Å²) in [5.41, 5.74) is 2.82. The van der Waals surface area contributed by atoms with Crippen LogP contribution >= 0.6 is 31.9 Å². The van der Waals surface area contributed by atoms with Gasteiger partial charge in [-0.3, -0.25) is 0 Å². The molecule has 0 saturated heterocycles. The minimum absolute atomic E-state index is 0.342. The molecule has 106 valence electrons. The Balaban J connectivity index is 2.04. The molecule has 2 rings (SSSR count). The number of halogens is 2. The average molecular weight is 396 g/mol. The van der Waals surface area contributed by atoms with E-state index in [2.05, 4.69) is 99.4 Å². The minimum atomic E-state index is 0.342. The van der Waals surface area contributed by atoms with Gasteiger partial charge in [0.15, 0.2) is 0 Å². The molecular formula is C18H20Br2. The highest BCUT2D eigenvalue weighted by Crippen LogP contribution is 2.31. The van der Waals surface area contributed by atoms with Gasteiger partial charge in [-0.1, -0.05) is 99.4 Å². The van der Waals surface area contributed by atoms with Gasteiger partial charge in [0.05, 0.1) is 3.74 Å². The van der Waals surface area contributed by atoms with Crippen molar-refractivity contribution in [3.05, 3.63) is 71.8 Å². The maximum atomic E-state index is 3.73. The summed E-state index contributed by atoms with van der Waals surface area (Å²) in [5.74, 6) is 1.18. The van der Waals surface area contributed by atoms with E-state index in [1.54, 1.807) is 0 Å². The molecule has 2 unspecified atom stereocenters. The lowest BCUT2D eigenvalue weighted by atomic mass is 9.85. The van der Waals surface area contributed by atoms with Crippen LogP contribution in [0, 0.1) is 11.8 Å². The molecule has 0 aliphatic heterocycles. The summed E-state index contributed by atoms with van der Waals surface area (Å²) in [4.78, 5) is 0. The fraction of sp³-hybridized carbons (Fsp3) is 0.333. The molecule has 2 aromatic rings. The maximum absolute atomic E-state index is 3.73. The lowest BCUT2D eigenvalue weighted by Crippen LogP contribution is -2.22. The van der Waals surface area contributed by atoms with Crippen LogP contribution in [-0.4, -0.2) is 3.74 Å². The van der Waals surface area contributed by atoms with Crippen LogP contribution in [-0.2, 0) is 12.8 Å². The molecule has 0 aliphatic rings. The monoisotopic (exact) mass is 394 g/mol. The summed E-state index contributed by atoms with van der Waals surface area (Å²) in [6.45, 7) is 2.34. The predicted molar refractivity (Wildman–Crippen MR) is 94.6 cm³/mol. The van der Waals surface area contributed by atoms with Crippen LogP contribution in [0.2, 0.25) is 0 Å². The second-order valence-corrected chi connectivity index (χ2v) is 8.56. The Morgan fingerprint density at radius 3 is 1.65 bits per heavy atom. The van der Waals surface area contributed by atoms with Crippen molar-refractivity contribution in [1.82, 2.24) is 0 Å². The van der Waals surface area contributed by atoms with Crippen molar-refractivity contribution in [1.29, 1.82) is 0 Å². The number of rotatable bonds is 6. The zero-order valence-electron chi connectivity index (χ0n) is 11.7. The number of hydrogen-bond acceptors (Lipinski definition) is 0. The molecule has 0 heterocycles. The quantitative estimate of drug-likeness (QED) is 0.539. The van der Waals surface area contributed by atoms with Crippen LogP contribution in [0.25, 0.3) is 0 Å². The molecule has 0 aliphatic carbocycles. The van der Waals surface area contributed by atoms with E-state index >= 15 is 0 Å². The summed E-state index contributed by atoms with van der Waals surface area (Å²) >= 11 is 7.46. The standard InChI is InChI=1S/C18H20Br2/c1-14(12-15-8-4-2-5-9-15)17(18(19)20)13-16-10-6-3-7-11-16/h2-11,14,17-18H,12-13H2,1H3. The fourth-order valence-corrected chi connectivity index (χ4v) is 3.98. The summed E-state index contributed by atoms with van der Waals surface area (Å²) in [5, 5.41) is 0. The molecule has 0 saturated carbocycles. The highest BCUT2D eigenvalue weighted by atomic mass is 79.9. The van der Waals surface area contributed by atoms with Crippen molar-refractivity contribution < 1.29 is 0 Å². The fourth-order valence-electron chi connectivity index (χ4n) is 2.56. The Labute approximate surface area is 138 Å². The lowest BCUT2D eigenvalue weighted by Gasteiger charge is -2.26. The van der Waals surface area contributed by atoms with Crippen molar-refractivity contribution in [2.24, 2.45) is 11.8 Å². The van der Waals surface area contributed by atoms with Gasteiger partial charge >= 0.3 is 0 Å². The molecule has 2 atom stereocenters. The SMILES string of the molecule is CC(Cc1ccccc1)C(Cc1ccccc1)C(Br)Br. The van der Waals surface area contributed by atoms with E-state index in [0.717, 1.165) is 12.8 Å². The van der Waals surface area contributed by atoms with Gasteiger partial charge < -0.3 is 0 Å². The highest BCUT2D eigenvalue weighted by molar-refractivity contribution is 9.24. The molecule has 2 aromatic carbocycles. The van der Waals surface area contributed by atoms with Crippen LogP contribution in [0.15, 0.2) is 60.7 Å². The van der Waals surface area contributed by atoms with Gasteiger partial charge in [-0.15, -0.1) is 0 Å². The lowest BCUT2D eigenvalue weighted by molar-refractivity contribution is 0.383. The minimum Gasteiger partial charge on any atom is -0.0762 e. The third kappa shape index (κ3) is 4.75. The van der Waals surface area contributed by atoms with Crippen LogP contribution in [0.5, 0.6) is 0 Å². The van der Waals surface area contributed by atoms with Gasteiger partial charge in [-0.25, -0.2) is 0 Å². The first kappa shape index (κ1) is 15.8. The molecule has 0 nitrogen and oxygen atoms in total. The number of hydrogen-bond donors (Lipinski definition) is 0. The Bertz CT molecular complexity index is 493. The van der Waals surface area contributed by atoms with Crippen molar-refractivity contribution >= 4 is 31.9 Å². The third-order valence-electron chi connectivity index (χ3n) is 3.77. The van der Waals surface area contributed by atoms with Crippen LogP contribution < -0.4 is 0 Å². The summed E-state index contributed by atoms with van der Waals surface area (Å²) in [6, 6.07) is 21.5. The molecule has 0 amide bonds. The predicted octanol–water partition coefficient (Wildman–Crippen LogP) is 5.84. The van der Waals surface area contributed by atoms with Gasteiger partial charge in [0.1, 0.15) is 0 Å². The number of benzene rings is 2. The first-order valence-corrected chi connectivity index (χ1v) is 8.86. The van der Waals surface area contributed by atoms with E-state index in [9.17, 15) is 0 Å². The summed E-state index contributed by atoms with van der Waals surface area (Å²) in [7, 11) is 0. The topological polar surface area (TPSA) is 0 Å². The smallest absolute Gasteiger partial charge is 0.0731 e. The van der Waals surface area contributed by atoms with E-state index in [1.165, 1.54) is 11.1 Å². The Hall–Kier alpha value is -0.600. The first-order chi connectivity index (χ1) is 9.66. The molecule has 0 bridgehead atoms. The van der Waals surface area contributed by atoms with Gasteiger partial charge in [0.2, 0.25) is 0 Å². The number of alkyl halides is 2. The second kappa shape index (κ2) is 7.99. The van der Waals surface area contributed by atoms with Crippen molar-refractivity contribution in [3.8, 4) is 0 Å². The van der Waals surface area contributed by atoms with Crippen molar-refractivity contribution in [3.63, 3.8) is 0 Å². The van der Waals surface area contributed by atoms with Crippen LogP contribution in [0.1, 0.15) is 18.1 Å². The summed E-state index contributed by atoms with van der Waals surface area (Å²) in [6.07, 6.45) is 2.21. The molecule has 20 heavy (non-hydrogen) atoms. The van der Waals surface area contributed by atoms with Gasteiger partial charge in [0.25, 0.3) is 0 Å². The van der Waals surface area contributed by atoms with E-state index in [1.807, 2.05) is 0 Å². The molecule has 0 spiro atoms. The van der Waals surface area contributed by atoms with Gasteiger partial charge in [0, 0.05) is 0 Å². The molecule has 0 radical (unpaired) electrons. The van der Waals surface area contributed by atoms with E-state index in [0.29, 0.717) is 15.6 Å². The van der Waals surface area contributed by atoms with Crippen LogP contribution in [0.3, 0.4) is 0 Å². The van der Waals surface area contributed by atoms with E-state index < -0.39 is 0 Å². The largest absolute Gasteiger partial charge is 0.0762 e. The molecule has 0 N–H and O–H groups in total. The Kier molecular flexibility index (Phi) is 6.31.